The fourth-order valence-electron chi connectivity index (χ4n) is 3.83. The highest BCUT2D eigenvalue weighted by molar-refractivity contribution is 5.22. The number of aryl methyl sites for hydroxylation is 1. The maximum absolute atomic E-state index is 5.79. The molecule has 2 aliphatic carbocycles. The van der Waals surface area contributed by atoms with Gasteiger partial charge in [-0.3, -0.25) is 0 Å². The first kappa shape index (κ1) is 14.0. The van der Waals surface area contributed by atoms with Gasteiger partial charge in [-0.05, 0) is 68.9 Å². The Bertz CT molecular complexity index is 450. The summed E-state index contributed by atoms with van der Waals surface area (Å²) in [6, 6.07) is 0. The summed E-state index contributed by atoms with van der Waals surface area (Å²) in [4.78, 5) is 9.59. The van der Waals surface area contributed by atoms with Crippen LogP contribution in [0.25, 0.3) is 0 Å². The second kappa shape index (κ2) is 6.21. The molecule has 2 N–H and O–H groups in total. The number of rotatable bonds is 3. The number of fused-ring (bicyclic) bond motifs is 1. The smallest absolute Gasteiger partial charge is 0.131 e. The van der Waals surface area contributed by atoms with Gasteiger partial charge in [-0.15, -0.1) is 0 Å². The Kier molecular flexibility index (Phi) is 4.35. The molecule has 0 bridgehead atoms. The SMILES string of the molecule is CCC1CCC(c2ncc3c(n2)CCC(CN)C3)CC1. The van der Waals surface area contributed by atoms with Gasteiger partial charge in [0, 0.05) is 17.8 Å². The van der Waals surface area contributed by atoms with Crippen molar-refractivity contribution in [1.29, 1.82) is 0 Å². The first-order valence-corrected chi connectivity index (χ1v) is 8.34. The van der Waals surface area contributed by atoms with Gasteiger partial charge in [-0.25, -0.2) is 9.97 Å². The quantitative estimate of drug-likeness (QED) is 0.920. The Labute approximate surface area is 122 Å². The van der Waals surface area contributed by atoms with E-state index in [9.17, 15) is 0 Å². The van der Waals surface area contributed by atoms with Crippen LogP contribution in [0.4, 0.5) is 0 Å². The van der Waals surface area contributed by atoms with Gasteiger partial charge in [0.15, 0.2) is 0 Å². The zero-order chi connectivity index (χ0) is 13.9. The van der Waals surface area contributed by atoms with E-state index in [1.807, 2.05) is 0 Å². The minimum atomic E-state index is 0.607. The van der Waals surface area contributed by atoms with Gasteiger partial charge in [0.25, 0.3) is 0 Å². The Morgan fingerprint density at radius 2 is 1.95 bits per heavy atom. The van der Waals surface area contributed by atoms with E-state index in [0.29, 0.717) is 11.8 Å². The van der Waals surface area contributed by atoms with Crippen molar-refractivity contribution in [2.45, 2.75) is 64.2 Å². The topological polar surface area (TPSA) is 51.8 Å². The second-order valence-corrected chi connectivity index (χ2v) is 6.67. The van der Waals surface area contributed by atoms with Crippen molar-refractivity contribution in [3.8, 4) is 0 Å². The molecule has 3 nitrogen and oxygen atoms in total. The number of hydrogen-bond donors (Lipinski definition) is 1. The molecule has 3 rings (SSSR count). The minimum Gasteiger partial charge on any atom is -0.330 e. The van der Waals surface area contributed by atoms with Crippen LogP contribution >= 0.6 is 0 Å². The zero-order valence-corrected chi connectivity index (χ0v) is 12.6. The Hall–Kier alpha value is -0.960. The Morgan fingerprint density at radius 1 is 1.15 bits per heavy atom. The average Bonchev–Trinajstić information content (AvgIpc) is 2.54. The van der Waals surface area contributed by atoms with Gasteiger partial charge in [-0.1, -0.05) is 13.3 Å². The van der Waals surface area contributed by atoms with Gasteiger partial charge in [0.05, 0.1) is 0 Å². The fourth-order valence-corrected chi connectivity index (χ4v) is 3.83. The summed E-state index contributed by atoms with van der Waals surface area (Å²) in [5, 5.41) is 0. The van der Waals surface area contributed by atoms with Crippen LogP contribution in [0.3, 0.4) is 0 Å². The molecule has 20 heavy (non-hydrogen) atoms. The molecule has 2 aliphatic rings. The molecule has 0 aromatic carbocycles. The summed E-state index contributed by atoms with van der Waals surface area (Å²) in [7, 11) is 0. The number of hydrogen-bond acceptors (Lipinski definition) is 3. The van der Waals surface area contributed by atoms with Crippen LogP contribution in [0, 0.1) is 11.8 Å². The summed E-state index contributed by atoms with van der Waals surface area (Å²) >= 11 is 0. The minimum absolute atomic E-state index is 0.607. The van der Waals surface area contributed by atoms with Crippen LogP contribution in [-0.2, 0) is 12.8 Å². The van der Waals surface area contributed by atoms with E-state index in [2.05, 4.69) is 18.1 Å². The average molecular weight is 273 g/mol. The molecule has 0 spiro atoms. The Balaban J connectivity index is 1.70. The summed E-state index contributed by atoms with van der Waals surface area (Å²) in [5.41, 5.74) is 8.44. The van der Waals surface area contributed by atoms with Gasteiger partial charge in [0.1, 0.15) is 5.82 Å². The van der Waals surface area contributed by atoms with Crippen molar-refractivity contribution >= 4 is 0 Å². The molecule has 0 radical (unpaired) electrons. The second-order valence-electron chi connectivity index (χ2n) is 6.67. The van der Waals surface area contributed by atoms with Crippen molar-refractivity contribution in [2.24, 2.45) is 17.6 Å². The normalized spacial score (nSPS) is 30.0. The maximum atomic E-state index is 5.79. The molecule has 1 atom stereocenters. The molecule has 1 unspecified atom stereocenters. The van der Waals surface area contributed by atoms with Crippen LogP contribution in [-0.4, -0.2) is 16.5 Å². The van der Waals surface area contributed by atoms with Crippen LogP contribution < -0.4 is 5.73 Å². The molecular formula is C17H27N3. The Morgan fingerprint density at radius 3 is 2.65 bits per heavy atom. The summed E-state index contributed by atoms with van der Waals surface area (Å²) in [6.45, 7) is 3.11. The highest BCUT2D eigenvalue weighted by Gasteiger charge is 2.25. The van der Waals surface area contributed by atoms with E-state index in [1.54, 1.807) is 0 Å². The van der Waals surface area contributed by atoms with E-state index >= 15 is 0 Å². The lowest BCUT2D eigenvalue weighted by molar-refractivity contribution is 0.311. The molecule has 1 aromatic rings. The highest BCUT2D eigenvalue weighted by atomic mass is 14.9. The van der Waals surface area contributed by atoms with Gasteiger partial charge >= 0.3 is 0 Å². The summed E-state index contributed by atoms with van der Waals surface area (Å²) in [5.74, 6) is 3.30. The predicted octanol–water partition coefficient (Wildman–Crippen LogP) is 3.22. The first-order chi connectivity index (χ1) is 9.80. The molecular weight excluding hydrogens is 246 g/mol. The molecule has 0 amide bonds. The van der Waals surface area contributed by atoms with Gasteiger partial charge < -0.3 is 5.73 Å². The molecule has 0 saturated heterocycles. The fraction of sp³-hybridized carbons (Fsp3) is 0.765. The van der Waals surface area contributed by atoms with Gasteiger partial charge in [0.2, 0.25) is 0 Å². The lowest BCUT2D eigenvalue weighted by atomic mass is 9.80. The molecule has 0 aliphatic heterocycles. The first-order valence-electron chi connectivity index (χ1n) is 8.34. The van der Waals surface area contributed by atoms with Gasteiger partial charge in [-0.2, -0.15) is 0 Å². The molecule has 1 aromatic heterocycles. The number of aromatic nitrogens is 2. The van der Waals surface area contributed by atoms with E-state index < -0.39 is 0 Å². The highest BCUT2D eigenvalue weighted by Crippen LogP contribution is 2.36. The van der Waals surface area contributed by atoms with Crippen molar-refractivity contribution in [3.05, 3.63) is 23.3 Å². The van der Waals surface area contributed by atoms with Crippen molar-refractivity contribution in [2.75, 3.05) is 6.54 Å². The summed E-state index contributed by atoms with van der Waals surface area (Å²) in [6.07, 6.45) is 12.1. The molecule has 3 heteroatoms. The van der Waals surface area contributed by atoms with E-state index in [-0.39, 0.29) is 0 Å². The molecule has 1 heterocycles. The standard InChI is InChI=1S/C17H27N3/c1-2-12-3-6-14(7-4-12)17-19-11-15-9-13(10-18)5-8-16(15)20-17/h11-14H,2-10,18H2,1H3. The number of nitrogens with zero attached hydrogens (tertiary/aromatic N) is 2. The third-order valence-corrected chi connectivity index (χ3v) is 5.39. The summed E-state index contributed by atoms with van der Waals surface area (Å²) < 4.78 is 0. The molecule has 110 valence electrons. The van der Waals surface area contributed by atoms with Crippen LogP contribution in [0.2, 0.25) is 0 Å². The van der Waals surface area contributed by atoms with E-state index in [1.165, 1.54) is 49.8 Å². The third-order valence-electron chi connectivity index (χ3n) is 5.39. The third kappa shape index (κ3) is 2.88. The van der Waals surface area contributed by atoms with E-state index in [0.717, 1.165) is 31.1 Å². The lowest BCUT2D eigenvalue weighted by Gasteiger charge is -2.28. The monoisotopic (exact) mass is 273 g/mol. The largest absolute Gasteiger partial charge is 0.330 e. The van der Waals surface area contributed by atoms with Crippen LogP contribution in [0.15, 0.2) is 6.20 Å². The van der Waals surface area contributed by atoms with Crippen molar-refractivity contribution in [1.82, 2.24) is 9.97 Å². The van der Waals surface area contributed by atoms with Crippen LogP contribution in [0.1, 0.15) is 68.4 Å². The van der Waals surface area contributed by atoms with Crippen molar-refractivity contribution < 1.29 is 0 Å². The van der Waals surface area contributed by atoms with Crippen LogP contribution in [0.5, 0.6) is 0 Å². The lowest BCUT2D eigenvalue weighted by Crippen LogP contribution is -2.24. The molecule has 1 fully saturated rings. The molecule has 1 saturated carbocycles. The predicted molar refractivity (Wildman–Crippen MR) is 81.6 cm³/mol. The number of nitrogens with two attached hydrogens (primary N) is 1. The zero-order valence-electron chi connectivity index (χ0n) is 12.6. The maximum Gasteiger partial charge on any atom is 0.131 e. The van der Waals surface area contributed by atoms with Crippen molar-refractivity contribution in [3.63, 3.8) is 0 Å². The van der Waals surface area contributed by atoms with E-state index in [4.69, 9.17) is 10.7 Å².